The molecule has 0 atom stereocenters. The molecule has 4 rings (SSSR count). The highest BCUT2D eigenvalue weighted by molar-refractivity contribution is 6.05. The zero-order chi connectivity index (χ0) is 22.7. The summed E-state index contributed by atoms with van der Waals surface area (Å²) in [5.41, 5.74) is 3.91. The van der Waals surface area contributed by atoms with Crippen molar-refractivity contribution in [2.24, 2.45) is 7.05 Å². The van der Waals surface area contributed by atoms with E-state index < -0.39 is 6.36 Å². The van der Waals surface area contributed by atoms with Crippen LogP contribution in [-0.4, -0.2) is 16.8 Å². The highest BCUT2D eigenvalue weighted by Crippen LogP contribution is 2.26. The van der Waals surface area contributed by atoms with Crippen LogP contribution in [0.5, 0.6) is 5.75 Å². The fourth-order valence-corrected chi connectivity index (χ4v) is 3.41. The molecule has 4 aromatic rings. The van der Waals surface area contributed by atoms with Gasteiger partial charge in [0.25, 0.3) is 5.91 Å². The minimum Gasteiger partial charge on any atom is -0.406 e. The molecule has 0 aliphatic heterocycles. The van der Waals surface area contributed by atoms with E-state index in [1.807, 2.05) is 54.1 Å². The number of anilines is 2. The molecule has 3 aromatic carbocycles. The van der Waals surface area contributed by atoms with E-state index in [0.29, 0.717) is 23.5 Å². The Hall–Kier alpha value is -3.94. The number of ether oxygens (including phenoxy) is 1. The number of carbonyl (C=O) groups excluding carboxylic acids is 1. The van der Waals surface area contributed by atoms with E-state index >= 15 is 0 Å². The summed E-state index contributed by atoms with van der Waals surface area (Å²) in [6.07, 6.45) is -4.71. The Kier molecular flexibility index (Phi) is 5.77. The van der Waals surface area contributed by atoms with Crippen LogP contribution in [0.15, 0.2) is 78.9 Å². The first-order valence-corrected chi connectivity index (χ1v) is 9.83. The summed E-state index contributed by atoms with van der Waals surface area (Å²) in [6, 6.07) is 22.3. The molecular weight excluding hydrogens is 419 g/mol. The molecule has 1 heterocycles. The second-order valence-electron chi connectivity index (χ2n) is 7.21. The first-order chi connectivity index (χ1) is 15.3. The van der Waals surface area contributed by atoms with Crippen molar-refractivity contribution in [2.75, 3.05) is 10.6 Å². The molecule has 5 nitrogen and oxygen atoms in total. The van der Waals surface area contributed by atoms with Gasteiger partial charge in [-0.25, -0.2) is 0 Å². The van der Waals surface area contributed by atoms with Gasteiger partial charge in [0, 0.05) is 40.6 Å². The molecule has 1 aromatic heterocycles. The molecule has 8 heteroatoms. The number of aryl methyl sites for hydroxylation is 1. The summed E-state index contributed by atoms with van der Waals surface area (Å²) in [6.45, 7) is 0.469. The van der Waals surface area contributed by atoms with Crippen LogP contribution in [0.1, 0.15) is 16.1 Å². The van der Waals surface area contributed by atoms with Gasteiger partial charge < -0.3 is 19.9 Å². The van der Waals surface area contributed by atoms with E-state index in [9.17, 15) is 18.0 Å². The number of carbonyl (C=O) groups is 1. The van der Waals surface area contributed by atoms with Crippen LogP contribution in [0, 0.1) is 0 Å². The standard InChI is InChI=1S/C24H20F3N3O2/c1-30-20(15-28-18-7-10-21(11-8-18)32-24(25,26)27)14-17-13-19(9-12-22(17)30)29-23(31)16-5-3-2-4-6-16/h2-14,28H,15H2,1H3,(H,29,31). The molecule has 32 heavy (non-hydrogen) atoms. The lowest BCUT2D eigenvalue weighted by Crippen LogP contribution is -2.17. The molecule has 0 aliphatic rings. The molecule has 0 saturated heterocycles. The second-order valence-corrected chi connectivity index (χ2v) is 7.21. The van der Waals surface area contributed by atoms with Crippen molar-refractivity contribution >= 4 is 28.2 Å². The zero-order valence-electron chi connectivity index (χ0n) is 17.1. The molecule has 2 N–H and O–H groups in total. The Morgan fingerprint density at radius 1 is 0.938 bits per heavy atom. The van der Waals surface area contributed by atoms with Crippen LogP contribution in [0.2, 0.25) is 0 Å². The van der Waals surface area contributed by atoms with Gasteiger partial charge in [-0.2, -0.15) is 0 Å². The molecule has 0 radical (unpaired) electrons. The normalized spacial score (nSPS) is 11.4. The van der Waals surface area contributed by atoms with Crippen molar-refractivity contribution in [3.63, 3.8) is 0 Å². The van der Waals surface area contributed by atoms with Crippen LogP contribution in [0.3, 0.4) is 0 Å². The van der Waals surface area contributed by atoms with Gasteiger partial charge in [0.1, 0.15) is 5.75 Å². The van der Waals surface area contributed by atoms with Gasteiger partial charge in [0.15, 0.2) is 0 Å². The number of hydrogen-bond acceptors (Lipinski definition) is 3. The average Bonchev–Trinajstić information content (AvgIpc) is 3.07. The molecule has 164 valence electrons. The van der Waals surface area contributed by atoms with Crippen LogP contribution in [-0.2, 0) is 13.6 Å². The fourth-order valence-electron chi connectivity index (χ4n) is 3.41. The number of alkyl halides is 3. The SMILES string of the molecule is Cn1c(CNc2ccc(OC(F)(F)F)cc2)cc2cc(NC(=O)c3ccccc3)ccc21. The highest BCUT2D eigenvalue weighted by atomic mass is 19.4. The summed E-state index contributed by atoms with van der Waals surface area (Å²) in [4.78, 5) is 12.4. The first-order valence-electron chi connectivity index (χ1n) is 9.83. The van der Waals surface area contributed by atoms with Gasteiger partial charge in [-0.3, -0.25) is 4.79 Å². The van der Waals surface area contributed by atoms with Gasteiger partial charge in [-0.1, -0.05) is 18.2 Å². The monoisotopic (exact) mass is 439 g/mol. The number of hydrogen-bond donors (Lipinski definition) is 2. The number of rotatable bonds is 6. The van der Waals surface area contributed by atoms with E-state index in [1.165, 1.54) is 24.3 Å². The average molecular weight is 439 g/mol. The van der Waals surface area contributed by atoms with Crippen LogP contribution >= 0.6 is 0 Å². The van der Waals surface area contributed by atoms with Gasteiger partial charge >= 0.3 is 6.36 Å². The Morgan fingerprint density at radius 3 is 2.31 bits per heavy atom. The van der Waals surface area contributed by atoms with E-state index in [2.05, 4.69) is 15.4 Å². The van der Waals surface area contributed by atoms with E-state index in [1.54, 1.807) is 12.1 Å². The van der Waals surface area contributed by atoms with E-state index in [4.69, 9.17) is 0 Å². The van der Waals surface area contributed by atoms with Crippen LogP contribution in [0.4, 0.5) is 24.5 Å². The molecule has 0 unspecified atom stereocenters. The second kappa shape index (κ2) is 8.66. The number of aromatic nitrogens is 1. The minimum atomic E-state index is -4.71. The number of halogens is 3. The summed E-state index contributed by atoms with van der Waals surface area (Å²) >= 11 is 0. The van der Waals surface area contributed by atoms with Crippen molar-refractivity contribution in [1.82, 2.24) is 4.57 Å². The van der Waals surface area contributed by atoms with Crippen molar-refractivity contribution in [2.45, 2.75) is 12.9 Å². The molecule has 1 amide bonds. The summed E-state index contributed by atoms with van der Waals surface area (Å²) in [7, 11) is 1.93. The maximum atomic E-state index is 12.4. The van der Waals surface area contributed by atoms with Gasteiger partial charge in [-0.15, -0.1) is 13.2 Å². The number of nitrogens with one attached hydrogen (secondary N) is 2. The summed E-state index contributed by atoms with van der Waals surface area (Å²) in [5, 5.41) is 7.06. The predicted molar refractivity (Wildman–Crippen MR) is 118 cm³/mol. The van der Waals surface area contributed by atoms with E-state index in [-0.39, 0.29) is 11.7 Å². The topological polar surface area (TPSA) is 55.3 Å². The molecule has 0 bridgehead atoms. The molecule has 0 spiro atoms. The Labute approximate surface area is 182 Å². The largest absolute Gasteiger partial charge is 0.573 e. The molecule has 0 aliphatic carbocycles. The zero-order valence-corrected chi connectivity index (χ0v) is 17.1. The first kappa shape index (κ1) is 21.3. The number of benzene rings is 3. The van der Waals surface area contributed by atoms with Crippen molar-refractivity contribution < 1.29 is 22.7 Å². The molecule has 0 saturated carbocycles. The maximum absolute atomic E-state index is 12.4. The minimum absolute atomic E-state index is 0.180. The van der Waals surface area contributed by atoms with Crippen molar-refractivity contribution in [1.29, 1.82) is 0 Å². The Morgan fingerprint density at radius 2 is 1.62 bits per heavy atom. The quantitative estimate of drug-likeness (QED) is 0.391. The number of nitrogens with zero attached hydrogens (tertiary/aromatic N) is 1. The third kappa shape index (κ3) is 5.03. The Balaban J connectivity index is 1.44. The lowest BCUT2D eigenvalue weighted by molar-refractivity contribution is -0.274. The predicted octanol–water partition coefficient (Wildman–Crippen LogP) is 5.94. The summed E-state index contributed by atoms with van der Waals surface area (Å²) < 4.78 is 42.7. The smallest absolute Gasteiger partial charge is 0.406 e. The molecular formula is C24H20F3N3O2. The lowest BCUT2D eigenvalue weighted by Gasteiger charge is -2.11. The van der Waals surface area contributed by atoms with Crippen LogP contribution in [0.25, 0.3) is 10.9 Å². The fraction of sp³-hybridized carbons (Fsp3) is 0.125. The van der Waals surface area contributed by atoms with Crippen LogP contribution < -0.4 is 15.4 Å². The number of fused-ring (bicyclic) bond motifs is 1. The number of amides is 1. The van der Waals surface area contributed by atoms with E-state index in [0.717, 1.165) is 16.6 Å². The van der Waals surface area contributed by atoms with Crippen molar-refractivity contribution in [3.05, 3.63) is 90.1 Å². The molecule has 0 fully saturated rings. The summed E-state index contributed by atoms with van der Waals surface area (Å²) in [5.74, 6) is -0.446. The van der Waals surface area contributed by atoms with Gasteiger partial charge in [-0.05, 0) is 60.7 Å². The van der Waals surface area contributed by atoms with Crippen molar-refractivity contribution in [3.8, 4) is 5.75 Å². The third-order valence-corrected chi connectivity index (χ3v) is 5.00. The maximum Gasteiger partial charge on any atom is 0.573 e. The Bertz CT molecular complexity index is 1230. The third-order valence-electron chi connectivity index (χ3n) is 5.00. The van der Waals surface area contributed by atoms with Gasteiger partial charge in [0.05, 0.1) is 6.54 Å². The highest BCUT2D eigenvalue weighted by Gasteiger charge is 2.30. The van der Waals surface area contributed by atoms with Gasteiger partial charge in [0.2, 0.25) is 0 Å². The lowest BCUT2D eigenvalue weighted by atomic mass is 10.2.